The minimum Gasteiger partial charge on any atom is -0.324 e. The molecule has 1 rings (SSSR count). The summed E-state index contributed by atoms with van der Waals surface area (Å²) in [4.78, 5) is 0. The van der Waals surface area contributed by atoms with Crippen molar-refractivity contribution < 1.29 is 4.39 Å². The number of hydrogen-bond acceptors (Lipinski definition) is 1. The highest BCUT2D eigenvalue weighted by molar-refractivity contribution is 5.85. The Hall–Kier alpha value is -0.600. The monoisotopic (exact) mass is 189 g/mol. The van der Waals surface area contributed by atoms with Gasteiger partial charge < -0.3 is 5.73 Å². The summed E-state index contributed by atoms with van der Waals surface area (Å²) >= 11 is 0. The lowest BCUT2D eigenvalue weighted by molar-refractivity contribution is 0.593. The molecule has 0 bridgehead atoms. The van der Waals surface area contributed by atoms with Crippen LogP contribution in [0.4, 0.5) is 4.39 Å². The van der Waals surface area contributed by atoms with Crippen LogP contribution in [-0.2, 0) is 0 Å². The first-order valence-corrected chi connectivity index (χ1v) is 3.63. The zero-order valence-electron chi connectivity index (χ0n) is 7.17. The maximum Gasteiger partial charge on any atom is 0.127 e. The average Bonchev–Trinajstić information content (AvgIpc) is 1.94. The summed E-state index contributed by atoms with van der Waals surface area (Å²) in [5.41, 5.74) is 7.17. The molecule has 0 spiro atoms. The zero-order chi connectivity index (χ0) is 8.43. The highest BCUT2D eigenvalue weighted by Gasteiger charge is 2.05. The fourth-order valence-corrected chi connectivity index (χ4v) is 1.01. The van der Waals surface area contributed by atoms with Gasteiger partial charge in [0.1, 0.15) is 5.82 Å². The predicted molar refractivity (Wildman–Crippen MR) is 51.0 cm³/mol. The Morgan fingerprint density at radius 3 is 2.42 bits per heavy atom. The van der Waals surface area contributed by atoms with Crippen LogP contribution in [0.2, 0.25) is 0 Å². The lowest BCUT2D eigenvalue weighted by Crippen LogP contribution is -2.07. The summed E-state index contributed by atoms with van der Waals surface area (Å²) in [6.45, 7) is 3.70. The molecule has 0 heterocycles. The molecule has 0 fully saturated rings. The van der Waals surface area contributed by atoms with E-state index in [1.807, 2.05) is 6.92 Å². The van der Waals surface area contributed by atoms with Crippen molar-refractivity contribution in [1.29, 1.82) is 0 Å². The van der Waals surface area contributed by atoms with E-state index in [9.17, 15) is 4.39 Å². The Morgan fingerprint density at radius 2 is 2.00 bits per heavy atom. The maximum absolute atomic E-state index is 12.9. The minimum atomic E-state index is -0.227. The molecule has 0 saturated heterocycles. The van der Waals surface area contributed by atoms with Crippen LogP contribution in [0.15, 0.2) is 18.2 Å². The van der Waals surface area contributed by atoms with Crippen LogP contribution in [0, 0.1) is 12.7 Å². The molecule has 2 N–H and O–H groups in total. The van der Waals surface area contributed by atoms with Crippen LogP contribution in [0.1, 0.15) is 24.1 Å². The summed E-state index contributed by atoms with van der Waals surface area (Å²) in [5, 5.41) is 0. The molecule has 1 unspecified atom stereocenters. The molecule has 3 heteroatoms. The Morgan fingerprint density at radius 1 is 1.42 bits per heavy atom. The van der Waals surface area contributed by atoms with Gasteiger partial charge in [0.05, 0.1) is 0 Å². The SMILES string of the molecule is Cc1ccc(F)c(C(C)N)c1.Cl. The quantitative estimate of drug-likeness (QED) is 0.722. The summed E-state index contributed by atoms with van der Waals surface area (Å²) in [7, 11) is 0. The molecule has 0 radical (unpaired) electrons. The molecule has 1 aromatic rings. The normalized spacial score (nSPS) is 12.0. The summed E-state index contributed by atoms with van der Waals surface area (Å²) in [6, 6.07) is 4.74. The van der Waals surface area contributed by atoms with Gasteiger partial charge in [0.25, 0.3) is 0 Å². The second kappa shape index (κ2) is 4.43. The van der Waals surface area contributed by atoms with Crippen LogP contribution in [-0.4, -0.2) is 0 Å². The van der Waals surface area contributed by atoms with E-state index < -0.39 is 0 Å². The van der Waals surface area contributed by atoms with Crippen molar-refractivity contribution in [2.45, 2.75) is 19.9 Å². The molecule has 0 aliphatic rings. The van der Waals surface area contributed by atoms with E-state index in [1.165, 1.54) is 6.07 Å². The Bertz CT molecular complexity index is 261. The van der Waals surface area contributed by atoms with Gasteiger partial charge in [-0.3, -0.25) is 0 Å². The Labute approximate surface area is 78.2 Å². The van der Waals surface area contributed by atoms with E-state index in [0.717, 1.165) is 5.56 Å². The van der Waals surface area contributed by atoms with E-state index >= 15 is 0 Å². The van der Waals surface area contributed by atoms with E-state index in [-0.39, 0.29) is 24.3 Å². The molecule has 0 aromatic heterocycles. The summed E-state index contributed by atoms with van der Waals surface area (Å²) in [5.74, 6) is -0.217. The van der Waals surface area contributed by atoms with Gasteiger partial charge in [-0.15, -0.1) is 12.4 Å². The van der Waals surface area contributed by atoms with Gasteiger partial charge in [-0.25, -0.2) is 4.39 Å². The fourth-order valence-electron chi connectivity index (χ4n) is 1.01. The van der Waals surface area contributed by atoms with Gasteiger partial charge in [-0.1, -0.05) is 17.7 Å². The van der Waals surface area contributed by atoms with Crippen LogP contribution in [0.25, 0.3) is 0 Å². The van der Waals surface area contributed by atoms with Gasteiger partial charge in [0, 0.05) is 11.6 Å². The molecule has 0 aliphatic heterocycles. The molecule has 1 nitrogen and oxygen atoms in total. The van der Waals surface area contributed by atoms with Crippen molar-refractivity contribution in [2.75, 3.05) is 0 Å². The van der Waals surface area contributed by atoms with E-state index in [4.69, 9.17) is 5.73 Å². The third kappa shape index (κ3) is 2.47. The fraction of sp³-hybridized carbons (Fsp3) is 0.333. The van der Waals surface area contributed by atoms with Crippen molar-refractivity contribution in [2.24, 2.45) is 5.73 Å². The lowest BCUT2D eigenvalue weighted by atomic mass is 10.1. The average molecular weight is 190 g/mol. The van der Waals surface area contributed by atoms with E-state index in [0.29, 0.717) is 5.56 Å². The Balaban J connectivity index is 0.00000121. The van der Waals surface area contributed by atoms with Crippen LogP contribution >= 0.6 is 12.4 Å². The molecule has 0 saturated carbocycles. The Kier molecular flexibility index (Phi) is 4.21. The number of benzene rings is 1. The van der Waals surface area contributed by atoms with Gasteiger partial charge in [-0.05, 0) is 19.9 Å². The zero-order valence-corrected chi connectivity index (χ0v) is 7.99. The second-order valence-electron chi connectivity index (χ2n) is 2.81. The molecule has 0 aliphatic carbocycles. The molecule has 1 aromatic carbocycles. The third-order valence-corrected chi connectivity index (χ3v) is 1.64. The smallest absolute Gasteiger partial charge is 0.127 e. The second-order valence-corrected chi connectivity index (χ2v) is 2.81. The first kappa shape index (κ1) is 11.4. The highest BCUT2D eigenvalue weighted by Crippen LogP contribution is 2.15. The third-order valence-electron chi connectivity index (χ3n) is 1.64. The van der Waals surface area contributed by atoms with E-state index in [2.05, 4.69) is 0 Å². The van der Waals surface area contributed by atoms with Crippen molar-refractivity contribution in [3.8, 4) is 0 Å². The summed E-state index contributed by atoms with van der Waals surface area (Å²) < 4.78 is 12.9. The molecular weight excluding hydrogens is 177 g/mol. The van der Waals surface area contributed by atoms with Crippen molar-refractivity contribution in [3.63, 3.8) is 0 Å². The topological polar surface area (TPSA) is 26.0 Å². The van der Waals surface area contributed by atoms with E-state index in [1.54, 1.807) is 19.1 Å². The largest absolute Gasteiger partial charge is 0.324 e. The number of aryl methyl sites for hydroxylation is 1. The number of rotatable bonds is 1. The van der Waals surface area contributed by atoms with Gasteiger partial charge in [0.2, 0.25) is 0 Å². The molecule has 1 atom stereocenters. The molecule has 0 amide bonds. The maximum atomic E-state index is 12.9. The van der Waals surface area contributed by atoms with Crippen LogP contribution in [0.3, 0.4) is 0 Å². The predicted octanol–water partition coefficient (Wildman–Crippen LogP) is 2.58. The first-order valence-electron chi connectivity index (χ1n) is 3.63. The summed E-state index contributed by atoms with van der Waals surface area (Å²) in [6.07, 6.45) is 0. The van der Waals surface area contributed by atoms with Crippen molar-refractivity contribution >= 4 is 12.4 Å². The molecular formula is C9H13ClFN. The lowest BCUT2D eigenvalue weighted by Gasteiger charge is -2.07. The number of halogens is 2. The first-order chi connectivity index (χ1) is 5.11. The minimum absolute atomic E-state index is 0. The standard InChI is InChI=1S/C9H12FN.ClH/c1-6-3-4-9(10)8(5-6)7(2)11;/h3-5,7H,11H2,1-2H3;1H. The van der Waals surface area contributed by atoms with Gasteiger partial charge in [0.15, 0.2) is 0 Å². The molecule has 12 heavy (non-hydrogen) atoms. The van der Waals surface area contributed by atoms with Gasteiger partial charge >= 0.3 is 0 Å². The molecule has 68 valence electrons. The number of nitrogens with two attached hydrogens (primary N) is 1. The van der Waals surface area contributed by atoms with Crippen LogP contribution in [0.5, 0.6) is 0 Å². The van der Waals surface area contributed by atoms with Gasteiger partial charge in [-0.2, -0.15) is 0 Å². The number of hydrogen-bond donors (Lipinski definition) is 1. The van der Waals surface area contributed by atoms with Crippen LogP contribution < -0.4 is 5.73 Å². The van der Waals surface area contributed by atoms with Crippen molar-refractivity contribution in [1.82, 2.24) is 0 Å². The van der Waals surface area contributed by atoms with Crippen molar-refractivity contribution in [3.05, 3.63) is 35.1 Å². The highest BCUT2D eigenvalue weighted by atomic mass is 35.5.